The maximum absolute atomic E-state index is 12.2. The lowest BCUT2D eigenvalue weighted by molar-refractivity contribution is -0.145. The summed E-state index contributed by atoms with van der Waals surface area (Å²) >= 11 is 3.31. The van der Waals surface area contributed by atoms with Crippen LogP contribution in [0.2, 0.25) is 0 Å². The van der Waals surface area contributed by atoms with Crippen LogP contribution in [0.1, 0.15) is 22.8 Å². The second-order valence-electron chi connectivity index (χ2n) is 5.03. The lowest BCUT2D eigenvalue weighted by Crippen LogP contribution is -2.25. The molecule has 4 nitrogen and oxygen atoms in total. The lowest BCUT2D eigenvalue weighted by atomic mass is 10.1. The first-order valence-corrected chi connectivity index (χ1v) is 7.91. The van der Waals surface area contributed by atoms with Gasteiger partial charge in [-0.3, -0.25) is 9.59 Å². The predicted molar refractivity (Wildman–Crippen MR) is 90.7 cm³/mol. The van der Waals surface area contributed by atoms with Crippen molar-refractivity contribution in [2.45, 2.75) is 19.4 Å². The van der Waals surface area contributed by atoms with Gasteiger partial charge in [-0.05, 0) is 36.8 Å². The Hall–Kier alpha value is -2.14. The fourth-order valence-corrected chi connectivity index (χ4v) is 2.32. The minimum atomic E-state index is -0.818. The van der Waals surface area contributed by atoms with E-state index in [4.69, 9.17) is 9.47 Å². The second-order valence-corrected chi connectivity index (χ2v) is 5.94. The van der Waals surface area contributed by atoms with E-state index in [-0.39, 0.29) is 12.2 Å². The predicted octanol–water partition coefficient (Wildman–Crippen LogP) is 3.81. The Balaban J connectivity index is 1.93. The number of esters is 1. The third kappa shape index (κ3) is 4.93. The second kappa shape index (κ2) is 7.92. The molecule has 0 saturated carbocycles. The summed E-state index contributed by atoms with van der Waals surface area (Å²) in [6.45, 7) is 1.58. The molecular formula is C18H17BrO4. The lowest BCUT2D eigenvalue weighted by Gasteiger charge is -2.12. The number of halogens is 1. The smallest absolute Gasteiger partial charge is 0.310 e. The van der Waals surface area contributed by atoms with E-state index < -0.39 is 12.1 Å². The first-order valence-electron chi connectivity index (χ1n) is 7.12. The normalized spacial score (nSPS) is 11.6. The van der Waals surface area contributed by atoms with E-state index >= 15 is 0 Å². The van der Waals surface area contributed by atoms with E-state index in [1.165, 1.54) is 0 Å². The summed E-state index contributed by atoms with van der Waals surface area (Å²) in [6, 6.07) is 14.1. The van der Waals surface area contributed by atoms with Crippen molar-refractivity contribution in [3.63, 3.8) is 0 Å². The van der Waals surface area contributed by atoms with Gasteiger partial charge in [-0.1, -0.05) is 40.2 Å². The number of carbonyl (C=O) groups excluding carboxylic acids is 2. The molecule has 5 heteroatoms. The quantitative estimate of drug-likeness (QED) is 0.568. The van der Waals surface area contributed by atoms with Crippen molar-refractivity contribution in [3.05, 3.63) is 64.1 Å². The average molecular weight is 377 g/mol. The van der Waals surface area contributed by atoms with Crippen LogP contribution in [0.5, 0.6) is 5.75 Å². The van der Waals surface area contributed by atoms with Gasteiger partial charge in [-0.25, -0.2) is 0 Å². The van der Waals surface area contributed by atoms with E-state index in [9.17, 15) is 9.59 Å². The zero-order valence-corrected chi connectivity index (χ0v) is 14.5. The molecule has 0 unspecified atom stereocenters. The Morgan fingerprint density at radius 3 is 2.22 bits per heavy atom. The fraction of sp³-hybridized carbons (Fsp3) is 0.222. The molecule has 0 heterocycles. The van der Waals surface area contributed by atoms with E-state index in [0.29, 0.717) is 5.56 Å². The third-order valence-electron chi connectivity index (χ3n) is 3.31. The number of rotatable bonds is 6. The number of ether oxygens (including phenoxy) is 2. The molecule has 23 heavy (non-hydrogen) atoms. The van der Waals surface area contributed by atoms with Gasteiger partial charge in [0.05, 0.1) is 13.5 Å². The number of hydrogen-bond acceptors (Lipinski definition) is 4. The van der Waals surface area contributed by atoms with Crippen LogP contribution in [0.25, 0.3) is 0 Å². The number of hydrogen-bond donors (Lipinski definition) is 0. The van der Waals surface area contributed by atoms with Crippen molar-refractivity contribution in [3.8, 4) is 5.75 Å². The number of Topliss-reactive ketones (excluding diaryl/α,β-unsaturated/α-hetero) is 1. The maximum Gasteiger partial charge on any atom is 0.310 e. The Morgan fingerprint density at radius 2 is 1.65 bits per heavy atom. The summed E-state index contributed by atoms with van der Waals surface area (Å²) < 4.78 is 11.2. The topological polar surface area (TPSA) is 52.6 Å². The summed E-state index contributed by atoms with van der Waals surface area (Å²) in [6.07, 6.45) is -0.705. The molecule has 0 N–H and O–H groups in total. The van der Waals surface area contributed by atoms with Gasteiger partial charge in [0, 0.05) is 10.0 Å². The van der Waals surface area contributed by atoms with Gasteiger partial charge in [0.2, 0.25) is 5.78 Å². The molecule has 0 aliphatic rings. The molecule has 120 valence electrons. The van der Waals surface area contributed by atoms with Gasteiger partial charge >= 0.3 is 5.97 Å². The van der Waals surface area contributed by atoms with E-state index in [1.54, 1.807) is 62.6 Å². The van der Waals surface area contributed by atoms with Crippen LogP contribution in [0.3, 0.4) is 0 Å². The zero-order chi connectivity index (χ0) is 16.8. The van der Waals surface area contributed by atoms with E-state index in [2.05, 4.69) is 15.9 Å². The van der Waals surface area contributed by atoms with Crippen LogP contribution in [0.15, 0.2) is 53.0 Å². The summed E-state index contributed by atoms with van der Waals surface area (Å²) in [5.41, 5.74) is 1.32. The molecule has 2 aromatic rings. The minimum Gasteiger partial charge on any atom is -0.497 e. The van der Waals surface area contributed by atoms with Crippen LogP contribution >= 0.6 is 15.9 Å². The molecule has 0 spiro atoms. The van der Waals surface area contributed by atoms with Crippen molar-refractivity contribution >= 4 is 27.7 Å². The van der Waals surface area contributed by atoms with Gasteiger partial charge in [-0.15, -0.1) is 0 Å². The minimum absolute atomic E-state index is 0.113. The molecule has 1 atom stereocenters. The molecule has 0 radical (unpaired) electrons. The van der Waals surface area contributed by atoms with Crippen LogP contribution in [-0.4, -0.2) is 25.0 Å². The van der Waals surface area contributed by atoms with Crippen molar-refractivity contribution in [2.24, 2.45) is 0 Å². The third-order valence-corrected chi connectivity index (χ3v) is 3.84. The summed E-state index contributed by atoms with van der Waals surface area (Å²) in [4.78, 5) is 24.2. The molecule has 2 aromatic carbocycles. The van der Waals surface area contributed by atoms with Gasteiger partial charge in [0.1, 0.15) is 5.75 Å². The van der Waals surface area contributed by atoms with Gasteiger partial charge in [0.15, 0.2) is 6.10 Å². The standard InChI is InChI=1S/C18H17BrO4/c1-12(18(21)14-5-7-15(19)8-6-14)23-17(20)11-13-3-9-16(22-2)10-4-13/h3-10,12H,11H2,1-2H3/t12-/m1/s1. The van der Waals surface area contributed by atoms with Crippen molar-refractivity contribution in [1.82, 2.24) is 0 Å². The molecule has 0 aliphatic heterocycles. The first kappa shape index (κ1) is 17.2. The molecular weight excluding hydrogens is 360 g/mol. The summed E-state index contributed by atoms with van der Waals surface area (Å²) in [5.74, 6) is 0.0645. The molecule has 0 bridgehead atoms. The fourth-order valence-electron chi connectivity index (χ4n) is 2.05. The molecule has 0 aliphatic carbocycles. The van der Waals surface area contributed by atoms with E-state index in [0.717, 1.165) is 15.8 Å². The number of ketones is 1. The summed E-state index contributed by atoms with van der Waals surface area (Å²) in [5, 5.41) is 0. The van der Waals surface area contributed by atoms with Crippen molar-refractivity contribution < 1.29 is 19.1 Å². The summed E-state index contributed by atoms with van der Waals surface area (Å²) in [7, 11) is 1.58. The monoisotopic (exact) mass is 376 g/mol. The van der Waals surface area contributed by atoms with Crippen LogP contribution in [-0.2, 0) is 16.0 Å². The highest BCUT2D eigenvalue weighted by atomic mass is 79.9. The molecule has 2 rings (SSSR count). The van der Waals surface area contributed by atoms with Crippen LogP contribution < -0.4 is 4.74 Å². The Morgan fingerprint density at radius 1 is 1.04 bits per heavy atom. The van der Waals surface area contributed by atoms with E-state index in [1.807, 2.05) is 0 Å². The molecule has 0 amide bonds. The molecule has 0 fully saturated rings. The highest BCUT2D eigenvalue weighted by molar-refractivity contribution is 9.10. The molecule has 0 aromatic heterocycles. The SMILES string of the molecule is COc1ccc(CC(=O)O[C@H](C)C(=O)c2ccc(Br)cc2)cc1. The first-order chi connectivity index (χ1) is 11.0. The van der Waals surface area contributed by atoms with Crippen LogP contribution in [0.4, 0.5) is 0 Å². The largest absolute Gasteiger partial charge is 0.497 e. The van der Waals surface area contributed by atoms with Crippen LogP contribution in [0, 0.1) is 0 Å². The maximum atomic E-state index is 12.2. The van der Waals surface area contributed by atoms with Crippen molar-refractivity contribution in [2.75, 3.05) is 7.11 Å². The zero-order valence-electron chi connectivity index (χ0n) is 12.9. The number of benzene rings is 2. The molecule has 0 saturated heterocycles. The van der Waals surface area contributed by atoms with Gasteiger partial charge in [-0.2, -0.15) is 0 Å². The average Bonchev–Trinajstić information content (AvgIpc) is 2.55. The highest BCUT2D eigenvalue weighted by Gasteiger charge is 2.19. The number of carbonyl (C=O) groups is 2. The van der Waals surface area contributed by atoms with Gasteiger partial charge in [0.25, 0.3) is 0 Å². The Labute approximate surface area is 143 Å². The van der Waals surface area contributed by atoms with Crippen molar-refractivity contribution in [1.29, 1.82) is 0 Å². The highest BCUT2D eigenvalue weighted by Crippen LogP contribution is 2.15. The number of methoxy groups -OCH3 is 1. The van der Waals surface area contributed by atoms with Gasteiger partial charge < -0.3 is 9.47 Å². The Kier molecular flexibility index (Phi) is 5.93. The Bertz CT molecular complexity index is 677.